The second kappa shape index (κ2) is 7.26. The third-order valence-electron chi connectivity index (χ3n) is 4.36. The van der Waals surface area contributed by atoms with E-state index in [0.717, 1.165) is 16.7 Å². The van der Waals surface area contributed by atoms with Crippen LogP contribution in [0.2, 0.25) is 0 Å². The summed E-state index contributed by atoms with van der Waals surface area (Å²) >= 11 is 0. The number of benzene rings is 2. The molecule has 0 bridgehead atoms. The molecule has 0 fully saturated rings. The van der Waals surface area contributed by atoms with Gasteiger partial charge in [0.15, 0.2) is 11.5 Å². The van der Waals surface area contributed by atoms with Crippen molar-refractivity contribution in [3.63, 3.8) is 0 Å². The van der Waals surface area contributed by atoms with Crippen LogP contribution in [0.3, 0.4) is 0 Å². The topological polar surface area (TPSA) is 111 Å². The Kier molecular flexibility index (Phi) is 4.86. The van der Waals surface area contributed by atoms with Crippen LogP contribution in [0.15, 0.2) is 42.5 Å². The fraction of sp³-hybridized carbons (Fsp3) is 0.143. The fourth-order valence-corrected chi connectivity index (χ4v) is 2.97. The van der Waals surface area contributed by atoms with Crippen molar-refractivity contribution in [2.75, 3.05) is 0 Å². The van der Waals surface area contributed by atoms with E-state index in [1.165, 1.54) is 0 Å². The van der Waals surface area contributed by atoms with Crippen molar-refractivity contribution in [2.45, 2.75) is 19.8 Å². The van der Waals surface area contributed by atoms with Crippen LogP contribution in [0.25, 0.3) is 22.0 Å². The van der Waals surface area contributed by atoms with Gasteiger partial charge in [-0.15, -0.1) is 0 Å². The second-order valence-electron chi connectivity index (χ2n) is 6.16. The van der Waals surface area contributed by atoms with Crippen LogP contribution in [0.4, 0.5) is 0 Å². The summed E-state index contributed by atoms with van der Waals surface area (Å²) in [6, 6.07) is 15.0. The monoisotopic (exact) mass is 360 g/mol. The molecule has 0 aliphatic carbocycles. The third kappa shape index (κ3) is 3.48. The van der Waals surface area contributed by atoms with Crippen molar-refractivity contribution in [3.05, 3.63) is 59.3 Å². The average molecular weight is 360 g/mol. The highest BCUT2D eigenvalue weighted by Crippen LogP contribution is 2.32. The zero-order valence-electron chi connectivity index (χ0n) is 14.6. The maximum atomic E-state index is 12.3. The van der Waals surface area contributed by atoms with E-state index in [9.17, 15) is 20.0 Å². The second-order valence-corrected chi connectivity index (χ2v) is 6.16. The van der Waals surface area contributed by atoms with Gasteiger partial charge in [-0.25, -0.2) is 4.98 Å². The third-order valence-corrected chi connectivity index (χ3v) is 4.36. The standard InChI is InChI=1S/C21H16N2O4/c1-12-4-2-3-5-14(12)13-6-7-15-16(11-22)21(27)20(23-17(15)10-13)18(24)8-9-19(25)26/h2-7,10,27H,8-9H2,1H3,(H,25,26). The molecule has 0 aliphatic heterocycles. The number of ketones is 1. The molecule has 3 rings (SSSR count). The zero-order chi connectivity index (χ0) is 19.6. The molecule has 0 amide bonds. The first-order valence-electron chi connectivity index (χ1n) is 8.30. The van der Waals surface area contributed by atoms with E-state index in [2.05, 4.69) is 4.98 Å². The number of carbonyl (C=O) groups excluding carboxylic acids is 1. The minimum absolute atomic E-state index is 0.0463. The quantitative estimate of drug-likeness (QED) is 0.669. The van der Waals surface area contributed by atoms with Gasteiger partial charge in [0.2, 0.25) is 0 Å². The number of carboxylic acids is 1. The van der Waals surface area contributed by atoms with Gasteiger partial charge in [0, 0.05) is 11.8 Å². The smallest absolute Gasteiger partial charge is 0.303 e. The molecule has 6 nitrogen and oxygen atoms in total. The average Bonchev–Trinajstić information content (AvgIpc) is 2.65. The first-order chi connectivity index (χ1) is 12.9. The number of rotatable bonds is 5. The van der Waals surface area contributed by atoms with E-state index in [1.54, 1.807) is 12.1 Å². The Labute approximate surface area is 155 Å². The van der Waals surface area contributed by atoms with Gasteiger partial charge in [0.1, 0.15) is 17.3 Å². The van der Waals surface area contributed by atoms with E-state index >= 15 is 0 Å². The van der Waals surface area contributed by atoms with Crippen LogP contribution in [0, 0.1) is 18.3 Å². The Morgan fingerprint density at radius 3 is 2.56 bits per heavy atom. The van der Waals surface area contributed by atoms with Crippen molar-refractivity contribution >= 4 is 22.7 Å². The SMILES string of the molecule is Cc1ccccc1-c1ccc2c(C#N)c(O)c(C(=O)CCC(=O)O)nc2c1. The molecule has 27 heavy (non-hydrogen) atoms. The number of aryl methyl sites for hydroxylation is 1. The lowest BCUT2D eigenvalue weighted by Crippen LogP contribution is -2.07. The van der Waals surface area contributed by atoms with E-state index in [1.807, 2.05) is 43.3 Å². The number of Topliss-reactive ketones (excluding diaryl/α,β-unsaturated/α-hetero) is 1. The van der Waals surface area contributed by atoms with E-state index in [0.29, 0.717) is 10.9 Å². The number of hydrogen-bond acceptors (Lipinski definition) is 5. The van der Waals surface area contributed by atoms with Gasteiger partial charge in [-0.1, -0.05) is 36.4 Å². The van der Waals surface area contributed by atoms with Gasteiger partial charge < -0.3 is 10.2 Å². The van der Waals surface area contributed by atoms with Crippen molar-refractivity contribution in [2.24, 2.45) is 0 Å². The van der Waals surface area contributed by atoms with E-state index in [-0.39, 0.29) is 24.1 Å². The molecule has 2 aromatic carbocycles. The summed E-state index contributed by atoms with van der Waals surface area (Å²) in [5, 5.41) is 28.9. The number of aromatic nitrogens is 1. The van der Waals surface area contributed by atoms with E-state index in [4.69, 9.17) is 5.11 Å². The zero-order valence-corrected chi connectivity index (χ0v) is 14.6. The highest BCUT2D eigenvalue weighted by atomic mass is 16.4. The number of nitriles is 1. The van der Waals surface area contributed by atoms with Gasteiger partial charge in [-0.2, -0.15) is 5.26 Å². The predicted molar refractivity (Wildman–Crippen MR) is 99.5 cm³/mol. The summed E-state index contributed by atoms with van der Waals surface area (Å²) in [4.78, 5) is 27.2. The number of nitrogens with zero attached hydrogens (tertiary/aromatic N) is 2. The van der Waals surface area contributed by atoms with Gasteiger partial charge in [-0.3, -0.25) is 9.59 Å². The number of hydrogen-bond donors (Lipinski definition) is 2. The number of fused-ring (bicyclic) bond motifs is 1. The molecule has 0 saturated carbocycles. The molecule has 0 aliphatic rings. The summed E-state index contributed by atoms with van der Waals surface area (Å²) in [5.74, 6) is -2.25. The van der Waals surface area contributed by atoms with Gasteiger partial charge >= 0.3 is 5.97 Å². The van der Waals surface area contributed by atoms with Gasteiger partial charge in [0.05, 0.1) is 11.9 Å². The van der Waals surface area contributed by atoms with Crippen LogP contribution in [-0.4, -0.2) is 26.9 Å². The lowest BCUT2D eigenvalue weighted by molar-refractivity contribution is -0.136. The Bertz CT molecular complexity index is 1110. The molecular formula is C21H16N2O4. The first-order valence-corrected chi connectivity index (χ1v) is 8.30. The predicted octanol–water partition coefficient (Wildman–Crippen LogP) is 3.84. The summed E-state index contributed by atoms with van der Waals surface area (Å²) < 4.78 is 0. The molecule has 1 aromatic heterocycles. The molecule has 2 N–H and O–H groups in total. The van der Waals surface area contributed by atoms with Crippen LogP contribution < -0.4 is 0 Å². The minimum atomic E-state index is -1.12. The van der Waals surface area contributed by atoms with Crippen molar-refractivity contribution in [1.29, 1.82) is 5.26 Å². The molecule has 0 radical (unpaired) electrons. The molecule has 3 aromatic rings. The van der Waals surface area contributed by atoms with Crippen molar-refractivity contribution < 1.29 is 19.8 Å². The Morgan fingerprint density at radius 1 is 1.15 bits per heavy atom. The van der Waals surface area contributed by atoms with Gasteiger partial charge in [0.25, 0.3) is 0 Å². The van der Waals surface area contributed by atoms with Crippen LogP contribution in [0.1, 0.15) is 34.5 Å². The van der Waals surface area contributed by atoms with Crippen molar-refractivity contribution in [3.8, 4) is 22.9 Å². The number of carbonyl (C=O) groups is 2. The van der Waals surface area contributed by atoms with Crippen molar-refractivity contribution in [1.82, 2.24) is 4.98 Å². The summed E-state index contributed by atoms with van der Waals surface area (Å²) in [6.45, 7) is 1.98. The fourth-order valence-electron chi connectivity index (χ4n) is 2.97. The number of aromatic hydroxyl groups is 1. The largest absolute Gasteiger partial charge is 0.504 e. The first kappa shape index (κ1) is 18.1. The summed E-state index contributed by atoms with van der Waals surface area (Å²) in [7, 11) is 0. The number of pyridine rings is 1. The number of aliphatic carboxylic acids is 1. The molecule has 0 atom stereocenters. The molecular weight excluding hydrogens is 344 g/mol. The Hall–Kier alpha value is -3.72. The molecule has 134 valence electrons. The molecule has 0 spiro atoms. The van der Waals surface area contributed by atoms with Crippen LogP contribution in [-0.2, 0) is 4.79 Å². The highest BCUT2D eigenvalue weighted by Gasteiger charge is 2.21. The molecule has 0 saturated heterocycles. The molecule has 6 heteroatoms. The normalized spacial score (nSPS) is 10.5. The maximum absolute atomic E-state index is 12.3. The van der Waals surface area contributed by atoms with E-state index < -0.39 is 17.5 Å². The lowest BCUT2D eigenvalue weighted by Gasteiger charge is -2.10. The van der Waals surface area contributed by atoms with Crippen LogP contribution >= 0.6 is 0 Å². The Balaban J connectivity index is 2.17. The maximum Gasteiger partial charge on any atom is 0.303 e. The summed E-state index contributed by atoms with van der Waals surface area (Å²) in [5.41, 5.74) is 2.99. The lowest BCUT2D eigenvalue weighted by atomic mass is 9.97. The minimum Gasteiger partial charge on any atom is -0.504 e. The van der Waals surface area contributed by atoms with Crippen LogP contribution in [0.5, 0.6) is 5.75 Å². The molecule has 1 heterocycles. The highest BCUT2D eigenvalue weighted by molar-refractivity contribution is 6.02. The molecule has 0 unspecified atom stereocenters. The summed E-state index contributed by atoms with van der Waals surface area (Å²) in [6.07, 6.45) is -0.674. The number of carboxylic acid groups (broad SMARTS) is 1. The Morgan fingerprint density at radius 2 is 1.89 bits per heavy atom. The van der Waals surface area contributed by atoms with Gasteiger partial charge in [-0.05, 0) is 29.7 Å².